The lowest BCUT2D eigenvalue weighted by Crippen LogP contribution is -2.22. The van der Waals surface area contributed by atoms with Gasteiger partial charge in [-0.05, 0) is 44.4 Å². The van der Waals surface area contributed by atoms with Crippen LogP contribution in [0.5, 0.6) is 0 Å². The third kappa shape index (κ3) is 5.39. The molecule has 3 N–H and O–H groups in total. The normalized spacial score (nSPS) is 13.9. The number of benzene rings is 1. The Morgan fingerprint density at radius 3 is 2.68 bits per heavy atom. The van der Waals surface area contributed by atoms with Gasteiger partial charge in [-0.2, -0.15) is 0 Å². The van der Waals surface area contributed by atoms with Crippen LogP contribution in [0.15, 0.2) is 18.2 Å². The maximum atomic E-state index is 13.5. The number of nitrogens with one attached hydrogen (secondary N) is 1. The largest absolute Gasteiger partial charge is 0.328 e. The van der Waals surface area contributed by atoms with Crippen molar-refractivity contribution in [2.24, 2.45) is 11.7 Å². The van der Waals surface area contributed by atoms with Crippen molar-refractivity contribution in [3.63, 3.8) is 0 Å². The Hall–Kier alpha value is -1.42. The second-order valence-corrected chi connectivity index (χ2v) is 5.28. The number of halogens is 1. The first-order valence-electron chi connectivity index (χ1n) is 6.72. The van der Waals surface area contributed by atoms with Crippen molar-refractivity contribution in [3.8, 4) is 0 Å². The zero-order valence-corrected chi connectivity index (χ0v) is 11.9. The van der Waals surface area contributed by atoms with Gasteiger partial charge in [0, 0.05) is 12.0 Å². The smallest absolute Gasteiger partial charge is 0.227 e. The molecule has 0 fully saturated rings. The van der Waals surface area contributed by atoms with Crippen LogP contribution in [-0.2, 0) is 4.79 Å². The maximum Gasteiger partial charge on any atom is 0.227 e. The lowest BCUT2D eigenvalue weighted by Gasteiger charge is -2.13. The number of rotatable bonds is 6. The predicted molar refractivity (Wildman–Crippen MR) is 76.4 cm³/mol. The van der Waals surface area contributed by atoms with Crippen LogP contribution < -0.4 is 11.1 Å². The number of nitrogens with two attached hydrogens (primary N) is 1. The third-order valence-corrected chi connectivity index (χ3v) is 3.12. The Balaban J connectivity index is 2.51. The second-order valence-electron chi connectivity index (χ2n) is 5.28. The molecule has 0 saturated carbocycles. The lowest BCUT2D eigenvalue weighted by molar-refractivity contribution is -0.119. The number of amides is 1. The summed E-state index contributed by atoms with van der Waals surface area (Å²) in [5.74, 6) is -0.686. The van der Waals surface area contributed by atoms with Crippen LogP contribution in [0.4, 0.5) is 10.1 Å². The molecule has 4 heteroatoms. The highest BCUT2D eigenvalue weighted by Gasteiger charge is 2.14. The van der Waals surface area contributed by atoms with Crippen LogP contribution in [0.25, 0.3) is 0 Å². The lowest BCUT2D eigenvalue weighted by atomic mass is 10.0. The van der Waals surface area contributed by atoms with E-state index in [4.69, 9.17) is 5.73 Å². The first-order chi connectivity index (χ1) is 8.90. The van der Waals surface area contributed by atoms with Crippen molar-refractivity contribution < 1.29 is 9.18 Å². The molecule has 1 aromatic rings. The number of anilines is 1. The molecule has 3 nitrogen and oxygen atoms in total. The van der Waals surface area contributed by atoms with E-state index in [1.807, 2.05) is 20.8 Å². The summed E-state index contributed by atoms with van der Waals surface area (Å²) in [6.07, 6.45) is 2.57. The van der Waals surface area contributed by atoms with Gasteiger partial charge in [-0.1, -0.05) is 19.4 Å². The van der Waals surface area contributed by atoms with Gasteiger partial charge in [0.2, 0.25) is 5.91 Å². The number of aryl methyl sites for hydroxylation is 1. The Bertz CT molecular complexity index is 432. The first-order valence-corrected chi connectivity index (χ1v) is 6.72. The van der Waals surface area contributed by atoms with Gasteiger partial charge < -0.3 is 11.1 Å². The molecule has 0 aliphatic rings. The molecule has 0 saturated heterocycles. The minimum atomic E-state index is -0.401. The van der Waals surface area contributed by atoms with Gasteiger partial charge in [0.25, 0.3) is 0 Å². The minimum absolute atomic E-state index is 0.140. The second kappa shape index (κ2) is 7.24. The highest BCUT2D eigenvalue weighted by molar-refractivity contribution is 5.92. The van der Waals surface area contributed by atoms with Crippen LogP contribution in [0.2, 0.25) is 0 Å². The molecule has 1 aromatic carbocycles. The zero-order chi connectivity index (χ0) is 14.4. The standard InChI is InChI=1S/C15H23FN2O/c1-10-7-8-13(16)14(9-10)18-15(19)11(2)5-4-6-12(3)17/h7-9,11-12H,4-6,17H2,1-3H3,(H,18,19). The summed E-state index contributed by atoms with van der Waals surface area (Å²) in [7, 11) is 0. The SMILES string of the molecule is Cc1ccc(F)c(NC(=O)C(C)CCCC(C)N)c1. The van der Waals surface area contributed by atoms with E-state index < -0.39 is 5.82 Å². The molecule has 19 heavy (non-hydrogen) atoms. The number of carbonyl (C=O) groups excluding carboxylic acids is 1. The van der Waals surface area contributed by atoms with Gasteiger partial charge >= 0.3 is 0 Å². The fraction of sp³-hybridized carbons (Fsp3) is 0.533. The molecule has 2 atom stereocenters. The van der Waals surface area contributed by atoms with Crippen LogP contribution in [0.1, 0.15) is 38.7 Å². The average molecular weight is 266 g/mol. The molecule has 2 unspecified atom stereocenters. The molecular weight excluding hydrogens is 243 g/mol. The molecule has 0 spiro atoms. The molecule has 1 amide bonds. The van der Waals surface area contributed by atoms with Gasteiger partial charge in [0.1, 0.15) is 5.82 Å². The van der Waals surface area contributed by atoms with Crippen molar-refractivity contribution in [1.29, 1.82) is 0 Å². The highest BCUT2D eigenvalue weighted by atomic mass is 19.1. The van der Waals surface area contributed by atoms with Crippen LogP contribution in [0, 0.1) is 18.7 Å². The molecule has 0 aliphatic carbocycles. The summed E-state index contributed by atoms with van der Waals surface area (Å²) in [5.41, 5.74) is 6.84. The van der Waals surface area contributed by atoms with E-state index in [1.165, 1.54) is 6.07 Å². The van der Waals surface area contributed by atoms with E-state index in [0.717, 1.165) is 24.8 Å². The molecule has 0 heterocycles. The van der Waals surface area contributed by atoms with E-state index in [0.29, 0.717) is 0 Å². The Labute approximate surface area is 114 Å². The van der Waals surface area contributed by atoms with E-state index in [9.17, 15) is 9.18 Å². The summed E-state index contributed by atoms with van der Waals surface area (Å²) in [6, 6.07) is 4.84. The number of hydrogen-bond donors (Lipinski definition) is 2. The van der Waals surface area contributed by atoms with Gasteiger partial charge in [-0.3, -0.25) is 4.79 Å². The summed E-state index contributed by atoms with van der Waals surface area (Å²) < 4.78 is 13.5. The fourth-order valence-corrected chi connectivity index (χ4v) is 1.87. The monoisotopic (exact) mass is 266 g/mol. The molecule has 0 aromatic heterocycles. The quantitative estimate of drug-likeness (QED) is 0.830. The van der Waals surface area contributed by atoms with Crippen molar-refractivity contribution in [2.75, 3.05) is 5.32 Å². The van der Waals surface area contributed by atoms with E-state index >= 15 is 0 Å². The van der Waals surface area contributed by atoms with E-state index in [2.05, 4.69) is 5.32 Å². The van der Waals surface area contributed by atoms with Crippen molar-refractivity contribution >= 4 is 11.6 Å². The summed E-state index contributed by atoms with van der Waals surface area (Å²) in [5, 5.41) is 2.64. The van der Waals surface area contributed by atoms with Crippen molar-refractivity contribution in [1.82, 2.24) is 0 Å². The van der Waals surface area contributed by atoms with Crippen molar-refractivity contribution in [3.05, 3.63) is 29.6 Å². The fourth-order valence-electron chi connectivity index (χ4n) is 1.87. The molecule has 0 radical (unpaired) electrons. The predicted octanol–water partition coefficient (Wildman–Crippen LogP) is 3.23. The van der Waals surface area contributed by atoms with Crippen LogP contribution >= 0.6 is 0 Å². The summed E-state index contributed by atoms with van der Waals surface area (Å²) in [4.78, 5) is 11.9. The van der Waals surface area contributed by atoms with Gasteiger partial charge in [-0.25, -0.2) is 4.39 Å². The summed E-state index contributed by atoms with van der Waals surface area (Å²) >= 11 is 0. The van der Waals surface area contributed by atoms with Crippen molar-refractivity contribution in [2.45, 2.75) is 46.1 Å². The van der Waals surface area contributed by atoms with E-state index in [-0.39, 0.29) is 23.6 Å². The Morgan fingerprint density at radius 2 is 2.05 bits per heavy atom. The molecular formula is C15H23FN2O. The highest BCUT2D eigenvalue weighted by Crippen LogP contribution is 2.18. The third-order valence-electron chi connectivity index (χ3n) is 3.12. The Morgan fingerprint density at radius 1 is 1.37 bits per heavy atom. The van der Waals surface area contributed by atoms with Crippen LogP contribution in [-0.4, -0.2) is 11.9 Å². The topological polar surface area (TPSA) is 55.1 Å². The first kappa shape index (κ1) is 15.6. The van der Waals surface area contributed by atoms with Gasteiger partial charge in [0.15, 0.2) is 0 Å². The average Bonchev–Trinajstić information content (AvgIpc) is 2.33. The molecule has 1 rings (SSSR count). The summed E-state index contributed by atoms with van der Waals surface area (Å²) in [6.45, 7) is 5.66. The van der Waals surface area contributed by atoms with E-state index in [1.54, 1.807) is 12.1 Å². The molecule has 106 valence electrons. The number of carbonyl (C=O) groups is 1. The molecule has 0 bridgehead atoms. The maximum absolute atomic E-state index is 13.5. The molecule has 0 aliphatic heterocycles. The zero-order valence-electron chi connectivity index (χ0n) is 11.9. The minimum Gasteiger partial charge on any atom is -0.328 e. The van der Waals surface area contributed by atoms with Gasteiger partial charge in [-0.15, -0.1) is 0 Å². The van der Waals surface area contributed by atoms with Crippen LogP contribution in [0.3, 0.4) is 0 Å². The number of hydrogen-bond acceptors (Lipinski definition) is 2. The Kier molecular flexibility index (Phi) is 5.96. The van der Waals surface area contributed by atoms with Gasteiger partial charge in [0.05, 0.1) is 5.69 Å².